The lowest BCUT2D eigenvalue weighted by Gasteiger charge is -2.23. The third-order valence-corrected chi connectivity index (χ3v) is 3.96. The van der Waals surface area contributed by atoms with Crippen molar-refractivity contribution in [2.45, 2.75) is 32.0 Å². The molecule has 0 saturated heterocycles. The van der Waals surface area contributed by atoms with Gasteiger partial charge in [0, 0.05) is 30.9 Å². The molecule has 1 aliphatic rings. The number of halogens is 2. The smallest absolute Gasteiger partial charge is 0.337 e. The molecule has 6 heteroatoms. The van der Waals surface area contributed by atoms with Crippen LogP contribution in [0.4, 0.5) is 8.78 Å². The molecule has 23 heavy (non-hydrogen) atoms. The molecule has 0 radical (unpaired) electrons. The standard InChI is InChI=1S/C17H16F2N2O2/c18-14-4-1-5-15(19)13(14)9-21(11-6-7-11)10-16-12(17(22)23)3-2-8-20-16/h1-5,8,11H,6-7,9-10H2,(H,22,23). The number of hydrogen-bond donors (Lipinski definition) is 1. The maximum atomic E-state index is 13.9. The summed E-state index contributed by atoms with van der Waals surface area (Å²) in [6, 6.07) is 7.04. The van der Waals surface area contributed by atoms with E-state index in [0.29, 0.717) is 5.69 Å². The summed E-state index contributed by atoms with van der Waals surface area (Å²) in [6.45, 7) is 0.347. The maximum Gasteiger partial charge on any atom is 0.337 e. The number of pyridine rings is 1. The molecule has 1 aromatic carbocycles. The molecule has 0 aliphatic heterocycles. The van der Waals surface area contributed by atoms with Gasteiger partial charge in [-0.05, 0) is 37.1 Å². The van der Waals surface area contributed by atoms with Gasteiger partial charge in [-0.3, -0.25) is 9.88 Å². The molecule has 1 saturated carbocycles. The quantitative estimate of drug-likeness (QED) is 0.888. The van der Waals surface area contributed by atoms with Crippen LogP contribution in [0.3, 0.4) is 0 Å². The molecule has 2 aromatic rings. The van der Waals surface area contributed by atoms with Crippen LogP contribution in [0.15, 0.2) is 36.5 Å². The minimum Gasteiger partial charge on any atom is -0.478 e. The second-order valence-corrected chi connectivity index (χ2v) is 5.64. The third kappa shape index (κ3) is 3.53. The highest BCUT2D eigenvalue weighted by Gasteiger charge is 2.31. The maximum absolute atomic E-state index is 13.9. The van der Waals surface area contributed by atoms with E-state index in [1.807, 2.05) is 4.90 Å². The van der Waals surface area contributed by atoms with E-state index in [-0.39, 0.29) is 30.3 Å². The average molecular weight is 318 g/mol. The van der Waals surface area contributed by atoms with Crippen molar-refractivity contribution in [3.63, 3.8) is 0 Å². The number of carbonyl (C=O) groups is 1. The SMILES string of the molecule is O=C(O)c1cccnc1CN(Cc1c(F)cccc1F)C1CC1. The Hall–Kier alpha value is -2.34. The summed E-state index contributed by atoms with van der Waals surface area (Å²) in [6.07, 6.45) is 3.40. The second-order valence-electron chi connectivity index (χ2n) is 5.64. The topological polar surface area (TPSA) is 53.4 Å². The predicted molar refractivity (Wildman–Crippen MR) is 79.8 cm³/mol. The van der Waals surface area contributed by atoms with Crippen molar-refractivity contribution in [1.29, 1.82) is 0 Å². The predicted octanol–water partition coefficient (Wildman–Crippen LogP) is 3.22. The summed E-state index contributed by atoms with van der Waals surface area (Å²) >= 11 is 0. The van der Waals surface area contributed by atoms with Crippen molar-refractivity contribution in [2.75, 3.05) is 0 Å². The molecular formula is C17H16F2N2O2. The van der Waals surface area contributed by atoms with Crippen LogP contribution in [-0.2, 0) is 13.1 Å². The zero-order valence-electron chi connectivity index (χ0n) is 12.4. The van der Waals surface area contributed by atoms with Crippen LogP contribution in [0.25, 0.3) is 0 Å². The number of carboxylic acid groups (broad SMARTS) is 1. The first-order valence-electron chi connectivity index (χ1n) is 7.40. The highest BCUT2D eigenvalue weighted by atomic mass is 19.1. The zero-order valence-corrected chi connectivity index (χ0v) is 12.4. The molecule has 4 nitrogen and oxygen atoms in total. The molecule has 1 N–H and O–H groups in total. The van der Waals surface area contributed by atoms with Gasteiger partial charge in [0.15, 0.2) is 0 Å². The summed E-state index contributed by atoms with van der Waals surface area (Å²) < 4.78 is 27.7. The summed E-state index contributed by atoms with van der Waals surface area (Å²) in [5.74, 6) is -2.23. The zero-order chi connectivity index (χ0) is 16.4. The van der Waals surface area contributed by atoms with Gasteiger partial charge in [-0.15, -0.1) is 0 Å². The van der Waals surface area contributed by atoms with E-state index >= 15 is 0 Å². The van der Waals surface area contributed by atoms with E-state index in [9.17, 15) is 18.7 Å². The number of rotatable bonds is 6. The van der Waals surface area contributed by atoms with Gasteiger partial charge < -0.3 is 5.11 Å². The highest BCUT2D eigenvalue weighted by Crippen LogP contribution is 2.31. The molecular weight excluding hydrogens is 302 g/mol. The van der Waals surface area contributed by atoms with Gasteiger partial charge in [0.1, 0.15) is 11.6 Å². The fourth-order valence-corrected chi connectivity index (χ4v) is 2.59. The molecule has 120 valence electrons. The Morgan fingerprint density at radius 1 is 1.17 bits per heavy atom. The van der Waals surface area contributed by atoms with Crippen LogP contribution in [0.1, 0.15) is 34.5 Å². The highest BCUT2D eigenvalue weighted by molar-refractivity contribution is 5.88. The van der Waals surface area contributed by atoms with Gasteiger partial charge in [-0.1, -0.05) is 6.07 Å². The summed E-state index contributed by atoms with van der Waals surface area (Å²) in [4.78, 5) is 17.3. The van der Waals surface area contributed by atoms with Gasteiger partial charge in [0.2, 0.25) is 0 Å². The number of hydrogen-bond acceptors (Lipinski definition) is 3. The van der Waals surface area contributed by atoms with Gasteiger partial charge >= 0.3 is 5.97 Å². The van der Waals surface area contributed by atoms with Crippen LogP contribution >= 0.6 is 0 Å². The molecule has 1 aliphatic carbocycles. The summed E-state index contributed by atoms with van der Waals surface area (Å²) in [5, 5.41) is 9.23. The molecule has 1 aromatic heterocycles. The first-order chi connectivity index (χ1) is 11.1. The lowest BCUT2D eigenvalue weighted by atomic mass is 10.1. The molecule has 1 heterocycles. The summed E-state index contributed by atoms with van der Waals surface area (Å²) in [5.41, 5.74) is 0.531. The van der Waals surface area contributed by atoms with Crippen molar-refractivity contribution in [1.82, 2.24) is 9.88 Å². The minimum atomic E-state index is -1.05. The molecule has 0 bridgehead atoms. The van der Waals surface area contributed by atoms with Gasteiger partial charge in [0.25, 0.3) is 0 Å². The average Bonchev–Trinajstić information content (AvgIpc) is 3.35. The lowest BCUT2D eigenvalue weighted by Crippen LogP contribution is -2.27. The van der Waals surface area contributed by atoms with Gasteiger partial charge in [-0.2, -0.15) is 0 Å². The Balaban J connectivity index is 1.85. The van der Waals surface area contributed by atoms with E-state index < -0.39 is 17.6 Å². The lowest BCUT2D eigenvalue weighted by molar-refractivity contribution is 0.0693. The number of aromatic nitrogens is 1. The van der Waals surface area contributed by atoms with E-state index in [1.165, 1.54) is 30.5 Å². The molecule has 0 amide bonds. The van der Waals surface area contributed by atoms with Crippen LogP contribution in [0.2, 0.25) is 0 Å². The first-order valence-corrected chi connectivity index (χ1v) is 7.40. The Kier molecular flexibility index (Phi) is 4.34. The van der Waals surface area contributed by atoms with Gasteiger partial charge in [-0.25, -0.2) is 13.6 Å². The molecule has 3 rings (SSSR count). The molecule has 0 spiro atoms. The van der Waals surface area contributed by atoms with E-state index in [4.69, 9.17) is 0 Å². The van der Waals surface area contributed by atoms with Gasteiger partial charge in [0.05, 0.1) is 11.3 Å². The van der Waals surface area contributed by atoms with E-state index in [2.05, 4.69) is 4.98 Å². The van der Waals surface area contributed by atoms with Crippen molar-refractivity contribution in [3.05, 3.63) is 65.0 Å². The van der Waals surface area contributed by atoms with Crippen LogP contribution in [0.5, 0.6) is 0 Å². The fourth-order valence-electron chi connectivity index (χ4n) is 2.59. The first kappa shape index (κ1) is 15.6. The van der Waals surface area contributed by atoms with E-state index in [1.54, 1.807) is 6.07 Å². The Bertz CT molecular complexity index is 712. The van der Waals surface area contributed by atoms with Crippen molar-refractivity contribution in [2.24, 2.45) is 0 Å². The normalized spacial score (nSPS) is 14.2. The number of carboxylic acids is 1. The van der Waals surface area contributed by atoms with E-state index in [0.717, 1.165) is 12.8 Å². The van der Waals surface area contributed by atoms with Crippen molar-refractivity contribution in [3.8, 4) is 0 Å². The number of benzene rings is 1. The van der Waals surface area contributed by atoms with Crippen molar-refractivity contribution >= 4 is 5.97 Å². The Labute approximate surface area is 132 Å². The Morgan fingerprint density at radius 2 is 1.87 bits per heavy atom. The minimum absolute atomic E-state index is 0.00667. The molecule has 0 unspecified atom stereocenters. The second kappa shape index (κ2) is 6.42. The van der Waals surface area contributed by atoms with Crippen molar-refractivity contribution < 1.29 is 18.7 Å². The fraction of sp³-hybridized carbons (Fsp3) is 0.294. The van der Waals surface area contributed by atoms with Crippen LogP contribution < -0.4 is 0 Å². The van der Waals surface area contributed by atoms with Crippen LogP contribution in [-0.4, -0.2) is 27.0 Å². The molecule has 0 atom stereocenters. The Morgan fingerprint density at radius 3 is 2.48 bits per heavy atom. The summed E-state index contributed by atoms with van der Waals surface area (Å²) in [7, 11) is 0. The largest absolute Gasteiger partial charge is 0.478 e. The monoisotopic (exact) mass is 318 g/mol. The number of aromatic carboxylic acids is 1. The van der Waals surface area contributed by atoms with Crippen LogP contribution in [0, 0.1) is 11.6 Å². The number of nitrogens with zero attached hydrogens (tertiary/aromatic N) is 2. The molecule has 1 fully saturated rings. The third-order valence-electron chi connectivity index (χ3n) is 3.96.